The van der Waals surface area contributed by atoms with Gasteiger partial charge < -0.3 is 10.6 Å². The summed E-state index contributed by atoms with van der Waals surface area (Å²) < 4.78 is 1.49. The van der Waals surface area contributed by atoms with E-state index in [1.54, 1.807) is 24.3 Å². The lowest BCUT2D eigenvalue weighted by atomic mass is 9.93. The van der Waals surface area contributed by atoms with E-state index in [1.807, 2.05) is 11.0 Å². The standard InChI is InChI=1S/C20H22N6O3/c21-19(28)17-11-16(23-24-17)13-5-8-25(9-6-13)18(27)7-10-26-12-22-15-4-2-1-3-14(15)20(26)29/h1-4,11-13H,5-10H2,(H2,21,28)(H,23,24). The summed E-state index contributed by atoms with van der Waals surface area (Å²) >= 11 is 0. The largest absolute Gasteiger partial charge is 0.364 e. The van der Waals surface area contributed by atoms with Gasteiger partial charge in [-0.3, -0.25) is 24.0 Å². The molecule has 1 fully saturated rings. The number of fused-ring (bicyclic) bond motifs is 1. The average molecular weight is 394 g/mol. The molecule has 0 aliphatic carbocycles. The predicted molar refractivity (Wildman–Crippen MR) is 106 cm³/mol. The molecule has 9 heteroatoms. The Morgan fingerprint density at radius 3 is 2.69 bits per heavy atom. The summed E-state index contributed by atoms with van der Waals surface area (Å²) in [5, 5.41) is 7.34. The number of aromatic amines is 1. The zero-order chi connectivity index (χ0) is 20.4. The molecule has 3 aromatic rings. The molecule has 1 aliphatic rings. The Balaban J connectivity index is 1.34. The van der Waals surface area contributed by atoms with Crippen molar-refractivity contribution >= 4 is 22.7 Å². The first-order valence-electron chi connectivity index (χ1n) is 9.60. The summed E-state index contributed by atoms with van der Waals surface area (Å²) in [7, 11) is 0. The lowest BCUT2D eigenvalue weighted by Crippen LogP contribution is -2.38. The van der Waals surface area contributed by atoms with Crippen molar-refractivity contribution < 1.29 is 9.59 Å². The number of H-pyrrole nitrogens is 1. The third-order valence-corrected chi connectivity index (χ3v) is 5.44. The Bertz CT molecular complexity index is 1110. The molecule has 1 saturated heterocycles. The van der Waals surface area contributed by atoms with Crippen molar-refractivity contribution in [2.75, 3.05) is 13.1 Å². The van der Waals surface area contributed by atoms with Crippen molar-refractivity contribution in [3.05, 3.63) is 58.4 Å². The van der Waals surface area contributed by atoms with Gasteiger partial charge in [0, 0.05) is 37.7 Å². The molecule has 0 saturated carbocycles. The first-order valence-corrected chi connectivity index (χ1v) is 9.60. The van der Waals surface area contributed by atoms with Gasteiger partial charge in [-0.2, -0.15) is 5.10 Å². The maximum atomic E-state index is 12.6. The molecule has 0 spiro atoms. The van der Waals surface area contributed by atoms with Crippen molar-refractivity contribution in [1.29, 1.82) is 0 Å². The Kier molecular flexibility index (Phi) is 5.11. The van der Waals surface area contributed by atoms with Crippen molar-refractivity contribution in [3.63, 3.8) is 0 Å². The van der Waals surface area contributed by atoms with Crippen LogP contribution in [0.5, 0.6) is 0 Å². The van der Waals surface area contributed by atoms with Crippen molar-refractivity contribution in [2.45, 2.75) is 31.7 Å². The van der Waals surface area contributed by atoms with Gasteiger partial charge in [0.05, 0.1) is 17.2 Å². The molecule has 4 rings (SSSR count). The summed E-state index contributed by atoms with van der Waals surface area (Å²) in [6, 6.07) is 8.86. The number of amides is 2. The van der Waals surface area contributed by atoms with Gasteiger partial charge in [0.15, 0.2) is 0 Å². The quantitative estimate of drug-likeness (QED) is 0.668. The van der Waals surface area contributed by atoms with Crippen molar-refractivity contribution in [1.82, 2.24) is 24.6 Å². The number of nitrogens with zero attached hydrogens (tertiary/aromatic N) is 4. The smallest absolute Gasteiger partial charge is 0.269 e. The number of nitrogens with one attached hydrogen (secondary N) is 1. The van der Waals surface area contributed by atoms with Gasteiger partial charge in [-0.1, -0.05) is 12.1 Å². The van der Waals surface area contributed by atoms with Crippen molar-refractivity contribution in [3.8, 4) is 0 Å². The van der Waals surface area contributed by atoms with Crippen molar-refractivity contribution in [2.24, 2.45) is 5.73 Å². The van der Waals surface area contributed by atoms with E-state index in [9.17, 15) is 14.4 Å². The molecule has 0 bridgehead atoms. The van der Waals surface area contributed by atoms with Gasteiger partial charge >= 0.3 is 0 Å². The molecular formula is C20H22N6O3. The molecule has 9 nitrogen and oxygen atoms in total. The van der Waals surface area contributed by atoms with E-state index in [2.05, 4.69) is 15.2 Å². The number of piperidine rings is 1. The van der Waals surface area contributed by atoms with E-state index < -0.39 is 5.91 Å². The van der Waals surface area contributed by atoms with Crippen LogP contribution in [0.3, 0.4) is 0 Å². The van der Waals surface area contributed by atoms with Gasteiger partial charge in [0.1, 0.15) is 5.69 Å². The fraction of sp³-hybridized carbons (Fsp3) is 0.350. The first-order chi connectivity index (χ1) is 14.0. The Hall–Kier alpha value is -3.49. The highest BCUT2D eigenvalue weighted by Gasteiger charge is 2.25. The number of hydrogen-bond donors (Lipinski definition) is 2. The minimum atomic E-state index is -0.557. The number of nitrogens with two attached hydrogens (primary N) is 1. The molecule has 0 unspecified atom stereocenters. The highest BCUT2D eigenvalue weighted by Crippen LogP contribution is 2.27. The zero-order valence-electron chi connectivity index (χ0n) is 15.9. The van der Waals surface area contributed by atoms with Gasteiger partial charge in [-0.25, -0.2) is 4.98 Å². The topological polar surface area (TPSA) is 127 Å². The molecule has 0 radical (unpaired) electrons. The van der Waals surface area contributed by atoms with E-state index in [0.717, 1.165) is 18.5 Å². The van der Waals surface area contributed by atoms with Crippen LogP contribution in [0.4, 0.5) is 0 Å². The minimum Gasteiger partial charge on any atom is -0.364 e. The number of rotatable bonds is 5. The third kappa shape index (κ3) is 3.89. The highest BCUT2D eigenvalue weighted by molar-refractivity contribution is 5.90. The second kappa shape index (κ2) is 7.86. The van der Waals surface area contributed by atoms with Crippen LogP contribution in [-0.2, 0) is 11.3 Å². The Morgan fingerprint density at radius 1 is 1.21 bits per heavy atom. The van der Waals surface area contributed by atoms with Crippen LogP contribution < -0.4 is 11.3 Å². The number of benzene rings is 1. The number of primary amides is 1. The van der Waals surface area contributed by atoms with Crippen LogP contribution in [0, 0.1) is 0 Å². The van der Waals surface area contributed by atoms with Crippen LogP contribution in [0.25, 0.3) is 10.9 Å². The number of para-hydroxylation sites is 1. The number of hydrogen-bond acceptors (Lipinski definition) is 5. The summed E-state index contributed by atoms with van der Waals surface area (Å²) in [4.78, 5) is 42.4. The van der Waals surface area contributed by atoms with E-state index in [4.69, 9.17) is 5.73 Å². The second-order valence-electron chi connectivity index (χ2n) is 7.24. The van der Waals surface area contributed by atoms with Crippen LogP contribution in [-0.4, -0.2) is 49.6 Å². The highest BCUT2D eigenvalue weighted by atomic mass is 16.2. The lowest BCUT2D eigenvalue weighted by molar-refractivity contribution is -0.132. The van der Waals surface area contributed by atoms with Gasteiger partial charge in [-0.15, -0.1) is 0 Å². The van der Waals surface area contributed by atoms with Crippen LogP contribution >= 0.6 is 0 Å². The van der Waals surface area contributed by atoms with E-state index in [0.29, 0.717) is 30.5 Å². The average Bonchev–Trinajstić information content (AvgIpc) is 3.24. The van der Waals surface area contributed by atoms with E-state index in [1.165, 1.54) is 10.9 Å². The second-order valence-corrected chi connectivity index (χ2v) is 7.24. The van der Waals surface area contributed by atoms with Crippen LogP contribution in [0.2, 0.25) is 0 Å². The van der Waals surface area contributed by atoms with E-state index >= 15 is 0 Å². The summed E-state index contributed by atoms with van der Waals surface area (Å²) in [5.41, 5.74) is 6.86. The SMILES string of the molecule is NC(=O)c1cc(C2CCN(C(=O)CCn3cnc4ccccc4c3=O)CC2)[nH]n1. The fourth-order valence-corrected chi connectivity index (χ4v) is 3.75. The summed E-state index contributed by atoms with van der Waals surface area (Å²) in [6.07, 6.45) is 3.31. The molecule has 1 aromatic carbocycles. The van der Waals surface area contributed by atoms with Crippen LogP contribution in [0.1, 0.15) is 41.4 Å². The molecule has 29 heavy (non-hydrogen) atoms. The van der Waals surface area contributed by atoms with Gasteiger partial charge in [0.2, 0.25) is 5.91 Å². The molecule has 3 heterocycles. The summed E-state index contributed by atoms with van der Waals surface area (Å²) in [6.45, 7) is 1.55. The van der Waals surface area contributed by atoms with E-state index in [-0.39, 0.29) is 29.5 Å². The minimum absolute atomic E-state index is 0.0194. The van der Waals surface area contributed by atoms with Gasteiger partial charge in [0.25, 0.3) is 11.5 Å². The predicted octanol–water partition coefficient (Wildman–Crippen LogP) is 1.01. The molecule has 150 valence electrons. The number of carbonyl (C=O) groups is 2. The number of carbonyl (C=O) groups excluding carboxylic acids is 2. The number of likely N-dealkylation sites (tertiary alicyclic amines) is 1. The summed E-state index contributed by atoms with van der Waals surface area (Å²) in [5.74, 6) is -0.323. The maximum absolute atomic E-state index is 12.6. The molecular weight excluding hydrogens is 372 g/mol. The lowest BCUT2D eigenvalue weighted by Gasteiger charge is -2.31. The zero-order valence-corrected chi connectivity index (χ0v) is 15.9. The molecule has 1 aliphatic heterocycles. The monoisotopic (exact) mass is 394 g/mol. The molecule has 0 atom stereocenters. The molecule has 2 aromatic heterocycles. The van der Waals surface area contributed by atoms with Crippen LogP contribution in [0.15, 0.2) is 41.5 Å². The first kappa shape index (κ1) is 18.9. The third-order valence-electron chi connectivity index (χ3n) is 5.44. The molecule has 2 amide bonds. The molecule has 3 N–H and O–H groups in total. The Labute approximate surface area is 166 Å². The normalized spacial score (nSPS) is 15.0. The van der Waals surface area contributed by atoms with Gasteiger partial charge in [-0.05, 0) is 31.0 Å². The Morgan fingerprint density at radius 2 is 1.97 bits per heavy atom. The number of aromatic nitrogens is 4. The fourth-order valence-electron chi connectivity index (χ4n) is 3.75. The number of aryl methyl sites for hydroxylation is 1. The maximum Gasteiger partial charge on any atom is 0.269 e.